The van der Waals surface area contributed by atoms with E-state index >= 15 is 0 Å². The van der Waals surface area contributed by atoms with E-state index in [1.807, 2.05) is 0 Å². The van der Waals surface area contributed by atoms with E-state index in [9.17, 15) is 14.4 Å². The number of ether oxygens (including phenoxy) is 3. The second kappa shape index (κ2) is 61.9. The van der Waals surface area contributed by atoms with Crippen molar-refractivity contribution < 1.29 is 28.6 Å². The number of rotatable bonds is 59. The third-order valence-corrected chi connectivity index (χ3v) is 14.3. The Morgan fingerprint density at radius 1 is 0.288 bits per heavy atom. The van der Waals surface area contributed by atoms with Gasteiger partial charge in [-0.25, -0.2) is 0 Å². The van der Waals surface area contributed by atoms with Crippen LogP contribution in [0.25, 0.3) is 0 Å². The van der Waals surface area contributed by atoms with Crippen LogP contribution in [0.15, 0.2) is 48.6 Å². The maximum absolute atomic E-state index is 12.9. The van der Waals surface area contributed by atoms with Crippen molar-refractivity contribution in [3.05, 3.63) is 48.6 Å². The first kappa shape index (κ1) is 70.4. The molecule has 0 N–H and O–H groups in total. The number of hydrogen-bond acceptors (Lipinski definition) is 6. The topological polar surface area (TPSA) is 78.9 Å². The van der Waals surface area contributed by atoms with Gasteiger partial charge in [-0.1, -0.05) is 294 Å². The lowest BCUT2D eigenvalue weighted by atomic mass is 10.0. The summed E-state index contributed by atoms with van der Waals surface area (Å²) in [5.41, 5.74) is 0. The SMILES string of the molecule is CC/C=C\C/C=C\C/C=C\CCCCCCCCCC(=O)OC(COC(=O)CCCCCCCCCCCCC)COC(=O)CCCCCCCCCCCCCCCCC/C=C\CCCCCCCCCC. The zero-order valence-corrected chi connectivity index (χ0v) is 48.9. The monoisotopic (exact) mass is 1020 g/mol. The molecule has 0 spiro atoms. The average Bonchev–Trinajstić information content (AvgIpc) is 3.39. The Labute approximate surface area is 454 Å². The highest BCUT2D eigenvalue weighted by molar-refractivity contribution is 5.71. The van der Waals surface area contributed by atoms with Crippen LogP contribution in [0.2, 0.25) is 0 Å². The normalized spacial score (nSPS) is 12.3. The lowest BCUT2D eigenvalue weighted by Crippen LogP contribution is -2.30. The van der Waals surface area contributed by atoms with Gasteiger partial charge in [0.25, 0.3) is 0 Å². The second-order valence-corrected chi connectivity index (χ2v) is 21.6. The molecule has 0 aliphatic carbocycles. The van der Waals surface area contributed by atoms with E-state index in [2.05, 4.69) is 69.4 Å². The molecule has 1 atom stereocenters. The van der Waals surface area contributed by atoms with Gasteiger partial charge in [0.05, 0.1) is 0 Å². The summed E-state index contributed by atoms with van der Waals surface area (Å²) in [5, 5.41) is 0. The lowest BCUT2D eigenvalue weighted by Gasteiger charge is -2.18. The molecule has 0 heterocycles. The highest BCUT2D eigenvalue weighted by Crippen LogP contribution is 2.17. The van der Waals surface area contributed by atoms with Gasteiger partial charge in [0.2, 0.25) is 0 Å². The number of esters is 3. The first-order valence-corrected chi connectivity index (χ1v) is 32.1. The van der Waals surface area contributed by atoms with Crippen LogP contribution in [0.1, 0.15) is 342 Å². The first-order valence-electron chi connectivity index (χ1n) is 32.1. The van der Waals surface area contributed by atoms with E-state index in [1.165, 1.54) is 218 Å². The molecule has 0 aliphatic rings. The Balaban J connectivity index is 4.18. The molecule has 0 amide bonds. The Morgan fingerprint density at radius 2 is 0.534 bits per heavy atom. The summed E-state index contributed by atoms with van der Waals surface area (Å²) >= 11 is 0. The van der Waals surface area contributed by atoms with Crippen LogP contribution in [-0.2, 0) is 28.6 Å². The molecule has 426 valence electrons. The quantitative estimate of drug-likeness (QED) is 0.0261. The summed E-state index contributed by atoms with van der Waals surface area (Å²) in [4.78, 5) is 38.2. The summed E-state index contributed by atoms with van der Waals surface area (Å²) in [6, 6.07) is 0. The van der Waals surface area contributed by atoms with Gasteiger partial charge in [0, 0.05) is 19.3 Å². The number of hydrogen-bond donors (Lipinski definition) is 0. The molecule has 6 heteroatoms. The average molecular weight is 1020 g/mol. The molecular formula is C67H122O6. The van der Waals surface area contributed by atoms with Crippen molar-refractivity contribution in [3.63, 3.8) is 0 Å². The molecule has 6 nitrogen and oxygen atoms in total. The molecule has 0 radical (unpaired) electrons. The van der Waals surface area contributed by atoms with E-state index in [0.29, 0.717) is 19.3 Å². The van der Waals surface area contributed by atoms with Crippen molar-refractivity contribution in [2.75, 3.05) is 13.2 Å². The molecule has 1 unspecified atom stereocenters. The molecule has 0 fully saturated rings. The standard InChI is InChI=1S/C67H122O6/c1-4-7-10-13-16-19-22-24-26-28-29-30-31-32-33-34-35-36-37-39-40-42-45-48-51-54-57-60-66(69)72-63-64(62-71-65(68)59-56-53-50-47-44-21-18-15-12-9-6-3)73-67(70)61-58-55-52-49-46-43-41-38-27-25-23-20-17-14-11-8-5-2/h8,11,17,20,25,27-29,64H,4-7,9-10,12-16,18-19,21-24,26,30-63H2,1-3H3/b11-8-,20-17-,27-25-,29-28-. The number of carbonyl (C=O) groups is 3. The number of carbonyl (C=O) groups excluding carboxylic acids is 3. The molecule has 0 saturated carbocycles. The van der Waals surface area contributed by atoms with Crippen LogP contribution < -0.4 is 0 Å². The largest absolute Gasteiger partial charge is 0.462 e. The van der Waals surface area contributed by atoms with Crippen LogP contribution >= 0.6 is 0 Å². The van der Waals surface area contributed by atoms with Gasteiger partial charge in [0.15, 0.2) is 6.10 Å². The Hall–Kier alpha value is -2.63. The molecule has 0 rings (SSSR count). The maximum atomic E-state index is 12.9. The molecule has 0 saturated heterocycles. The van der Waals surface area contributed by atoms with Crippen LogP contribution in [-0.4, -0.2) is 37.2 Å². The van der Waals surface area contributed by atoms with Crippen LogP contribution in [0.3, 0.4) is 0 Å². The third kappa shape index (κ3) is 60.1. The Morgan fingerprint density at radius 3 is 0.849 bits per heavy atom. The van der Waals surface area contributed by atoms with Crippen LogP contribution in [0.5, 0.6) is 0 Å². The molecule has 0 aromatic heterocycles. The summed E-state index contributed by atoms with van der Waals surface area (Å²) < 4.78 is 16.9. The minimum Gasteiger partial charge on any atom is -0.462 e. The lowest BCUT2D eigenvalue weighted by molar-refractivity contribution is -0.167. The van der Waals surface area contributed by atoms with E-state index in [4.69, 9.17) is 14.2 Å². The van der Waals surface area contributed by atoms with Crippen LogP contribution in [0.4, 0.5) is 0 Å². The molecule has 0 bridgehead atoms. The molecular weight excluding hydrogens is 901 g/mol. The van der Waals surface area contributed by atoms with Gasteiger partial charge in [-0.15, -0.1) is 0 Å². The summed E-state index contributed by atoms with van der Waals surface area (Å²) in [6.07, 6.45) is 77.0. The fourth-order valence-corrected chi connectivity index (χ4v) is 9.51. The predicted molar refractivity (Wildman–Crippen MR) is 316 cm³/mol. The predicted octanol–water partition coefficient (Wildman–Crippen LogP) is 21.8. The van der Waals surface area contributed by atoms with Gasteiger partial charge < -0.3 is 14.2 Å². The van der Waals surface area contributed by atoms with Gasteiger partial charge in [0.1, 0.15) is 13.2 Å². The van der Waals surface area contributed by atoms with E-state index < -0.39 is 6.10 Å². The first-order chi connectivity index (χ1) is 36.0. The molecule has 0 aromatic carbocycles. The van der Waals surface area contributed by atoms with E-state index in [0.717, 1.165) is 83.5 Å². The molecule has 0 aliphatic heterocycles. The molecule has 73 heavy (non-hydrogen) atoms. The van der Waals surface area contributed by atoms with Gasteiger partial charge in [-0.3, -0.25) is 14.4 Å². The van der Waals surface area contributed by atoms with E-state index in [1.54, 1.807) is 0 Å². The minimum atomic E-state index is -0.776. The fourth-order valence-electron chi connectivity index (χ4n) is 9.51. The van der Waals surface area contributed by atoms with Crippen molar-refractivity contribution in [1.82, 2.24) is 0 Å². The van der Waals surface area contributed by atoms with Crippen molar-refractivity contribution in [2.24, 2.45) is 0 Å². The third-order valence-electron chi connectivity index (χ3n) is 14.3. The molecule has 0 aromatic rings. The number of allylic oxidation sites excluding steroid dienone is 8. The smallest absolute Gasteiger partial charge is 0.306 e. The van der Waals surface area contributed by atoms with Crippen molar-refractivity contribution in [2.45, 2.75) is 348 Å². The highest BCUT2D eigenvalue weighted by Gasteiger charge is 2.19. The van der Waals surface area contributed by atoms with Gasteiger partial charge in [-0.2, -0.15) is 0 Å². The van der Waals surface area contributed by atoms with Crippen LogP contribution in [0, 0.1) is 0 Å². The van der Waals surface area contributed by atoms with Gasteiger partial charge >= 0.3 is 17.9 Å². The zero-order valence-electron chi connectivity index (χ0n) is 48.9. The van der Waals surface area contributed by atoms with E-state index in [-0.39, 0.29) is 31.1 Å². The fraction of sp³-hybridized carbons (Fsp3) is 0.836. The summed E-state index contributed by atoms with van der Waals surface area (Å²) in [6.45, 7) is 6.56. The summed E-state index contributed by atoms with van der Waals surface area (Å²) in [5.74, 6) is -0.865. The highest BCUT2D eigenvalue weighted by atomic mass is 16.6. The van der Waals surface area contributed by atoms with Crippen molar-refractivity contribution in [1.29, 1.82) is 0 Å². The van der Waals surface area contributed by atoms with Crippen molar-refractivity contribution in [3.8, 4) is 0 Å². The minimum absolute atomic E-state index is 0.0733. The number of unbranched alkanes of at least 4 members (excludes halogenated alkanes) is 40. The maximum Gasteiger partial charge on any atom is 0.306 e. The van der Waals surface area contributed by atoms with Crippen molar-refractivity contribution >= 4 is 17.9 Å². The summed E-state index contributed by atoms with van der Waals surface area (Å²) in [7, 11) is 0. The Bertz CT molecular complexity index is 1270. The zero-order chi connectivity index (χ0) is 52.9. The Kier molecular flexibility index (Phi) is 59.7. The van der Waals surface area contributed by atoms with Gasteiger partial charge in [-0.05, 0) is 77.0 Å². The second-order valence-electron chi connectivity index (χ2n) is 21.6.